The largest absolute Gasteiger partial charge is 0.384 e. The summed E-state index contributed by atoms with van der Waals surface area (Å²) in [5, 5.41) is 1.05. The Labute approximate surface area is 168 Å². The summed E-state index contributed by atoms with van der Waals surface area (Å²) in [6, 6.07) is 14.2. The number of fused-ring (bicyclic) bond motifs is 1. The Kier molecular flexibility index (Phi) is 4.40. The first kappa shape index (κ1) is 17.4. The van der Waals surface area contributed by atoms with Gasteiger partial charge in [0.15, 0.2) is 0 Å². The molecule has 1 aromatic carbocycles. The van der Waals surface area contributed by atoms with E-state index in [-0.39, 0.29) is 0 Å². The van der Waals surface area contributed by atoms with E-state index in [9.17, 15) is 0 Å². The van der Waals surface area contributed by atoms with Gasteiger partial charge in [-0.2, -0.15) is 0 Å². The van der Waals surface area contributed by atoms with E-state index in [2.05, 4.69) is 54.0 Å². The molecule has 7 heteroatoms. The van der Waals surface area contributed by atoms with Gasteiger partial charge in [-0.25, -0.2) is 15.0 Å². The van der Waals surface area contributed by atoms with Crippen LogP contribution in [0.2, 0.25) is 0 Å². The van der Waals surface area contributed by atoms with Gasteiger partial charge in [0.1, 0.15) is 18.0 Å². The molecule has 1 fully saturated rings. The van der Waals surface area contributed by atoms with Crippen LogP contribution in [0.4, 0.5) is 17.3 Å². The second-order valence-electron chi connectivity index (χ2n) is 7.08. The van der Waals surface area contributed by atoms with E-state index < -0.39 is 0 Å². The van der Waals surface area contributed by atoms with Crippen LogP contribution in [-0.2, 0) is 0 Å². The number of nitrogens with zero attached hydrogens (tertiary/aromatic N) is 6. The van der Waals surface area contributed by atoms with Crippen molar-refractivity contribution in [1.29, 1.82) is 0 Å². The molecule has 1 saturated heterocycles. The van der Waals surface area contributed by atoms with Gasteiger partial charge in [0, 0.05) is 55.8 Å². The van der Waals surface area contributed by atoms with Crippen molar-refractivity contribution in [2.45, 2.75) is 0 Å². The Morgan fingerprint density at radius 1 is 0.724 bits per heavy atom. The van der Waals surface area contributed by atoms with Gasteiger partial charge in [-0.1, -0.05) is 6.07 Å². The summed E-state index contributed by atoms with van der Waals surface area (Å²) in [5.41, 5.74) is 10.1. The highest BCUT2D eigenvalue weighted by Gasteiger charge is 2.20. The molecule has 5 rings (SSSR count). The predicted molar refractivity (Wildman–Crippen MR) is 116 cm³/mol. The number of hydrogen-bond donors (Lipinski definition) is 1. The SMILES string of the molecule is Nc1cc(-c2ccc3ncnc(N4CCN(c5ccncc5)CC4)c3c2)ccn1. The maximum Gasteiger partial charge on any atom is 0.140 e. The zero-order chi connectivity index (χ0) is 19.6. The number of anilines is 3. The zero-order valence-corrected chi connectivity index (χ0v) is 15.9. The third-order valence-electron chi connectivity index (χ3n) is 5.34. The van der Waals surface area contributed by atoms with Gasteiger partial charge in [-0.05, 0) is 47.5 Å². The fourth-order valence-electron chi connectivity index (χ4n) is 3.83. The molecule has 1 aliphatic heterocycles. The lowest BCUT2D eigenvalue weighted by Gasteiger charge is -2.37. The van der Waals surface area contributed by atoms with Crippen molar-refractivity contribution in [3.05, 3.63) is 67.4 Å². The Balaban J connectivity index is 1.45. The number of aromatic nitrogens is 4. The zero-order valence-electron chi connectivity index (χ0n) is 15.9. The number of nitrogen functional groups attached to an aromatic ring is 1. The molecule has 4 aromatic rings. The number of nitrogens with two attached hydrogens (primary N) is 1. The minimum Gasteiger partial charge on any atom is -0.384 e. The molecule has 0 spiro atoms. The van der Waals surface area contributed by atoms with Crippen molar-refractivity contribution in [1.82, 2.24) is 19.9 Å². The van der Waals surface area contributed by atoms with Crippen LogP contribution in [0.15, 0.2) is 67.4 Å². The quantitative estimate of drug-likeness (QED) is 0.582. The molecule has 0 unspecified atom stereocenters. The summed E-state index contributed by atoms with van der Waals surface area (Å²) in [6.07, 6.45) is 7.06. The second kappa shape index (κ2) is 7.35. The molecule has 0 radical (unpaired) electrons. The topological polar surface area (TPSA) is 84.1 Å². The lowest BCUT2D eigenvalue weighted by Crippen LogP contribution is -2.46. The van der Waals surface area contributed by atoms with Gasteiger partial charge >= 0.3 is 0 Å². The molecule has 4 heterocycles. The van der Waals surface area contributed by atoms with Crippen LogP contribution in [0.1, 0.15) is 0 Å². The maximum atomic E-state index is 5.86. The molecule has 29 heavy (non-hydrogen) atoms. The maximum absolute atomic E-state index is 5.86. The van der Waals surface area contributed by atoms with Crippen molar-refractivity contribution in [2.75, 3.05) is 41.7 Å². The van der Waals surface area contributed by atoms with Crippen molar-refractivity contribution in [2.24, 2.45) is 0 Å². The predicted octanol–water partition coefficient (Wildman–Crippen LogP) is 3.00. The molecular formula is C22H21N7. The number of hydrogen-bond acceptors (Lipinski definition) is 7. The van der Waals surface area contributed by atoms with E-state index in [1.807, 2.05) is 30.6 Å². The number of piperazine rings is 1. The average Bonchev–Trinajstić information content (AvgIpc) is 2.79. The van der Waals surface area contributed by atoms with Gasteiger partial charge in [0.25, 0.3) is 0 Å². The minimum absolute atomic E-state index is 0.513. The molecule has 0 amide bonds. The molecule has 2 N–H and O–H groups in total. The van der Waals surface area contributed by atoms with Gasteiger partial charge in [-0.3, -0.25) is 4.98 Å². The van der Waals surface area contributed by atoms with E-state index in [4.69, 9.17) is 5.73 Å². The summed E-state index contributed by atoms with van der Waals surface area (Å²) in [4.78, 5) is 22.0. The lowest BCUT2D eigenvalue weighted by atomic mass is 10.0. The molecule has 0 aliphatic carbocycles. The second-order valence-corrected chi connectivity index (χ2v) is 7.08. The third kappa shape index (κ3) is 3.42. The molecular weight excluding hydrogens is 362 g/mol. The van der Waals surface area contributed by atoms with Crippen LogP contribution >= 0.6 is 0 Å². The lowest BCUT2D eigenvalue weighted by molar-refractivity contribution is 0.648. The normalized spacial score (nSPS) is 14.3. The summed E-state index contributed by atoms with van der Waals surface area (Å²) in [7, 11) is 0. The molecule has 0 bridgehead atoms. The highest BCUT2D eigenvalue weighted by Crippen LogP contribution is 2.30. The van der Waals surface area contributed by atoms with Crippen LogP contribution in [0.25, 0.3) is 22.0 Å². The summed E-state index contributed by atoms with van der Waals surface area (Å²) >= 11 is 0. The van der Waals surface area contributed by atoms with Gasteiger partial charge in [0.05, 0.1) is 5.52 Å². The van der Waals surface area contributed by atoms with Crippen LogP contribution in [-0.4, -0.2) is 46.1 Å². The Morgan fingerprint density at radius 3 is 2.28 bits per heavy atom. The molecule has 7 nitrogen and oxygen atoms in total. The highest BCUT2D eigenvalue weighted by molar-refractivity contribution is 5.93. The van der Waals surface area contributed by atoms with E-state index in [1.165, 1.54) is 5.69 Å². The van der Waals surface area contributed by atoms with E-state index in [1.54, 1.807) is 12.5 Å². The first-order valence-corrected chi connectivity index (χ1v) is 9.64. The van der Waals surface area contributed by atoms with Crippen LogP contribution < -0.4 is 15.5 Å². The average molecular weight is 383 g/mol. The number of rotatable bonds is 3. The monoisotopic (exact) mass is 383 g/mol. The molecule has 144 valence electrons. The van der Waals surface area contributed by atoms with Crippen LogP contribution in [0.5, 0.6) is 0 Å². The molecule has 1 aliphatic rings. The van der Waals surface area contributed by atoms with Crippen molar-refractivity contribution >= 4 is 28.2 Å². The van der Waals surface area contributed by atoms with E-state index in [0.29, 0.717) is 5.82 Å². The van der Waals surface area contributed by atoms with Crippen molar-refractivity contribution in [3.63, 3.8) is 0 Å². The first-order valence-electron chi connectivity index (χ1n) is 9.64. The molecule has 3 aromatic heterocycles. The van der Waals surface area contributed by atoms with Crippen molar-refractivity contribution < 1.29 is 0 Å². The van der Waals surface area contributed by atoms with Gasteiger partial charge < -0.3 is 15.5 Å². The van der Waals surface area contributed by atoms with Crippen LogP contribution in [0, 0.1) is 0 Å². The number of benzene rings is 1. The third-order valence-corrected chi connectivity index (χ3v) is 5.34. The minimum atomic E-state index is 0.513. The number of pyridine rings is 2. The summed E-state index contributed by atoms with van der Waals surface area (Å²) < 4.78 is 0. The fourth-order valence-corrected chi connectivity index (χ4v) is 3.83. The Bertz CT molecular complexity index is 1140. The fraction of sp³-hybridized carbons (Fsp3) is 0.182. The highest BCUT2D eigenvalue weighted by atomic mass is 15.3. The summed E-state index contributed by atoms with van der Waals surface area (Å²) in [5.74, 6) is 1.49. The smallest absolute Gasteiger partial charge is 0.140 e. The Morgan fingerprint density at radius 2 is 1.48 bits per heavy atom. The standard InChI is InChI=1S/C22H21N7/c23-21-14-17(3-8-25-21)16-1-2-20-19(13-16)22(27-15-26-20)29-11-9-28(10-12-29)18-4-6-24-7-5-18/h1-8,13-15H,9-12H2,(H2,23,25). The van der Waals surface area contributed by atoms with Gasteiger partial charge in [0.2, 0.25) is 0 Å². The van der Waals surface area contributed by atoms with E-state index >= 15 is 0 Å². The first-order chi connectivity index (χ1) is 14.3. The van der Waals surface area contributed by atoms with E-state index in [0.717, 1.165) is 54.0 Å². The molecule has 0 saturated carbocycles. The molecule has 0 atom stereocenters. The van der Waals surface area contributed by atoms with Gasteiger partial charge in [-0.15, -0.1) is 0 Å². The van der Waals surface area contributed by atoms with Crippen molar-refractivity contribution in [3.8, 4) is 11.1 Å². The summed E-state index contributed by atoms with van der Waals surface area (Å²) in [6.45, 7) is 3.69. The van der Waals surface area contributed by atoms with Crippen LogP contribution in [0.3, 0.4) is 0 Å². The Hall–Kier alpha value is -3.74.